The number of hydrogen-bond donors (Lipinski definition) is 1. The van der Waals surface area contributed by atoms with Crippen LogP contribution < -0.4 is 10.9 Å². The number of aryl methyl sites for hydroxylation is 3. The molecule has 170 valence electrons. The lowest BCUT2D eigenvalue weighted by molar-refractivity contribution is 0.102. The molecule has 9 heteroatoms. The number of imidazole rings is 2. The van der Waals surface area contributed by atoms with Crippen LogP contribution in [0.25, 0.3) is 21.9 Å². The van der Waals surface area contributed by atoms with Crippen molar-refractivity contribution in [1.29, 1.82) is 0 Å². The number of nitrogens with zero attached hydrogens (tertiary/aromatic N) is 6. The van der Waals surface area contributed by atoms with Gasteiger partial charge in [-0.3, -0.25) is 19.5 Å². The molecule has 3 aromatic heterocycles. The fraction of sp³-hybridized carbons (Fsp3) is 0.240. The van der Waals surface area contributed by atoms with Crippen molar-refractivity contribution >= 4 is 33.8 Å². The predicted octanol–water partition coefficient (Wildman–Crippen LogP) is 3.23. The van der Waals surface area contributed by atoms with E-state index < -0.39 is 0 Å². The van der Waals surface area contributed by atoms with Gasteiger partial charge in [0.05, 0.1) is 28.3 Å². The lowest BCUT2D eigenvalue weighted by atomic mass is 10.1. The Balaban J connectivity index is 1.29. The summed E-state index contributed by atoms with van der Waals surface area (Å²) in [7, 11) is 0. The van der Waals surface area contributed by atoms with Crippen molar-refractivity contribution in [1.82, 2.24) is 28.7 Å². The maximum absolute atomic E-state index is 13.2. The molecule has 9 nitrogen and oxygen atoms in total. The Labute approximate surface area is 194 Å². The molecule has 1 aliphatic rings. The van der Waals surface area contributed by atoms with Crippen molar-refractivity contribution < 1.29 is 4.79 Å². The molecule has 0 unspecified atom stereocenters. The normalized spacial score (nSPS) is 12.9. The van der Waals surface area contributed by atoms with Crippen molar-refractivity contribution in [2.75, 3.05) is 5.32 Å². The Kier molecular flexibility index (Phi) is 4.94. The lowest BCUT2D eigenvalue weighted by Gasteiger charge is -2.11. The third kappa shape index (κ3) is 3.55. The molecule has 0 aliphatic carbocycles. The maximum Gasteiger partial charge on any atom is 0.261 e. The number of rotatable bonds is 6. The molecule has 34 heavy (non-hydrogen) atoms. The maximum atomic E-state index is 13.2. The van der Waals surface area contributed by atoms with Crippen LogP contribution in [0.4, 0.5) is 5.95 Å². The van der Waals surface area contributed by atoms with E-state index in [4.69, 9.17) is 0 Å². The van der Waals surface area contributed by atoms with Crippen LogP contribution >= 0.6 is 0 Å². The number of hydrogen-bond acceptors (Lipinski definition) is 5. The van der Waals surface area contributed by atoms with E-state index in [2.05, 4.69) is 20.3 Å². The van der Waals surface area contributed by atoms with Crippen LogP contribution in [0, 0.1) is 0 Å². The number of fused-ring (bicyclic) bond motifs is 3. The van der Waals surface area contributed by atoms with Crippen molar-refractivity contribution in [3.8, 4) is 0 Å². The first-order chi connectivity index (χ1) is 16.7. The van der Waals surface area contributed by atoms with Crippen LogP contribution in [0.15, 0.2) is 66.0 Å². The van der Waals surface area contributed by atoms with Gasteiger partial charge in [0.15, 0.2) is 0 Å². The molecule has 0 bridgehead atoms. The van der Waals surface area contributed by atoms with Crippen LogP contribution in [-0.4, -0.2) is 34.6 Å². The molecule has 4 heterocycles. The van der Waals surface area contributed by atoms with Crippen molar-refractivity contribution in [2.24, 2.45) is 0 Å². The summed E-state index contributed by atoms with van der Waals surface area (Å²) < 4.78 is 5.79. The van der Waals surface area contributed by atoms with Gasteiger partial charge in [0.25, 0.3) is 11.5 Å². The quantitative estimate of drug-likeness (QED) is 0.426. The zero-order valence-corrected chi connectivity index (χ0v) is 18.5. The summed E-state index contributed by atoms with van der Waals surface area (Å²) in [5.41, 5.74) is 2.75. The molecule has 5 aromatic rings. The number of anilines is 1. The summed E-state index contributed by atoms with van der Waals surface area (Å²) in [6.07, 6.45) is 8.05. The number of aromatic nitrogens is 6. The monoisotopic (exact) mass is 453 g/mol. The number of carbonyl (C=O) groups excluding carboxylic acids is 1. The van der Waals surface area contributed by atoms with Gasteiger partial charge in [0.1, 0.15) is 5.82 Å². The minimum atomic E-state index is -0.282. The summed E-state index contributed by atoms with van der Waals surface area (Å²) in [5, 5.41) is 3.51. The van der Waals surface area contributed by atoms with Gasteiger partial charge < -0.3 is 9.13 Å². The number of nitrogens with one attached hydrogen (secondary N) is 1. The fourth-order valence-corrected chi connectivity index (χ4v) is 4.63. The Morgan fingerprint density at radius 2 is 1.97 bits per heavy atom. The second kappa shape index (κ2) is 8.26. The van der Waals surface area contributed by atoms with Crippen molar-refractivity contribution in [3.05, 3.63) is 82.9 Å². The second-order valence-electron chi connectivity index (χ2n) is 8.50. The van der Waals surface area contributed by atoms with Crippen molar-refractivity contribution in [3.63, 3.8) is 0 Å². The van der Waals surface area contributed by atoms with Crippen LogP contribution in [-0.2, 0) is 26.1 Å². The molecular formula is C25H23N7O2. The number of amides is 1. The Bertz CT molecular complexity index is 1580. The van der Waals surface area contributed by atoms with Crippen molar-refractivity contribution in [2.45, 2.75) is 38.9 Å². The number of carbonyl (C=O) groups is 1. The van der Waals surface area contributed by atoms with Gasteiger partial charge in [0, 0.05) is 44.0 Å². The van der Waals surface area contributed by atoms with Crippen LogP contribution in [0.5, 0.6) is 0 Å². The third-order valence-electron chi connectivity index (χ3n) is 6.32. The van der Waals surface area contributed by atoms with E-state index in [1.807, 2.05) is 39.6 Å². The summed E-state index contributed by atoms with van der Waals surface area (Å²) in [6.45, 7) is 2.21. The lowest BCUT2D eigenvalue weighted by Crippen LogP contribution is -2.21. The molecule has 1 aliphatic heterocycles. The molecule has 2 aromatic carbocycles. The topological polar surface area (TPSA) is 99.6 Å². The molecule has 6 rings (SSSR count). The summed E-state index contributed by atoms with van der Waals surface area (Å²) in [6, 6.07) is 12.9. The number of benzene rings is 2. The molecule has 0 radical (unpaired) electrons. The smallest absolute Gasteiger partial charge is 0.261 e. The summed E-state index contributed by atoms with van der Waals surface area (Å²) in [4.78, 5) is 39.3. The Hall–Kier alpha value is -4.27. The number of para-hydroxylation sites is 2. The van der Waals surface area contributed by atoms with E-state index in [1.54, 1.807) is 35.3 Å². The average Bonchev–Trinajstić information content (AvgIpc) is 3.60. The van der Waals surface area contributed by atoms with E-state index in [0.717, 1.165) is 42.7 Å². The van der Waals surface area contributed by atoms with Crippen LogP contribution in [0.3, 0.4) is 0 Å². The SMILES string of the molecule is O=C(Nc1nc2ccccc2n1CCCn1ccnc1)c1ccc2c(=O)n3c(nc2c1)CCC3. The highest BCUT2D eigenvalue weighted by atomic mass is 16.2. The van der Waals surface area contributed by atoms with E-state index in [0.29, 0.717) is 35.5 Å². The van der Waals surface area contributed by atoms with E-state index in [-0.39, 0.29) is 11.5 Å². The molecule has 0 fully saturated rings. The molecule has 0 atom stereocenters. The molecule has 0 saturated carbocycles. The van der Waals surface area contributed by atoms with E-state index in [1.165, 1.54) is 0 Å². The molecule has 1 amide bonds. The van der Waals surface area contributed by atoms with Gasteiger partial charge in [0.2, 0.25) is 5.95 Å². The van der Waals surface area contributed by atoms with Crippen LogP contribution in [0.1, 0.15) is 29.0 Å². The van der Waals surface area contributed by atoms with Crippen LogP contribution in [0.2, 0.25) is 0 Å². The summed E-state index contributed by atoms with van der Waals surface area (Å²) >= 11 is 0. The largest absolute Gasteiger partial charge is 0.337 e. The second-order valence-corrected chi connectivity index (χ2v) is 8.50. The minimum absolute atomic E-state index is 0.0378. The first-order valence-corrected chi connectivity index (χ1v) is 11.4. The highest BCUT2D eigenvalue weighted by Crippen LogP contribution is 2.22. The fourth-order valence-electron chi connectivity index (χ4n) is 4.63. The molecular weight excluding hydrogens is 430 g/mol. The predicted molar refractivity (Wildman–Crippen MR) is 129 cm³/mol. The molecule has 0 spiro atoms. The first-order valence-electron chi connectivity index (χ1n) is 11.4. The third-order valence-corrected chi connectivity index (χ3v) is 6.32. The Morgan fingerprint density at radius 3 is 2.85 bits per heavy atom. The van der Waals surface area contributed by atoms with Gasteiger partial charge in [-0.25, -0.2) is 15.0 Å². The van der Waals surface area contributed by atoms with E-state index >= 15 is 0 Å². The zero-order chi connectivity index (χ0) is 23.1. The minimum Gasteiger partial charge on any atom is -0.337 e. The highest BCUT2D eigenvalue weighted by Gasteiger charge is 2.18. The average molecular weight is 454 g/mol. The van der Waals surface area contributed by atoms with E-state index in [9.17, 15) is 9.59 Å². The van der Waals surface area contributed by atoms with Gasteiger partial charge in [-0.1, -0.05) is 12.1 Å². The molecule has 1 N–H and O–H groups in total. The van der Waals surface area contributed by atoms with Gasteiger partial charge in [-0.05, 0) is 43.2 Å². The van der Waals surface area contributed by atoms with Gasteiger partial charge in [-0.15, -0.1) is 0 Å². The standard InChI is InChI=1S/C25H23N7O2/c33-23(17-8-9-18-20(15-17)27-22-7-3-12-32(22)24(18)34)29-25-28-19-5-1-2-6-21(19)31(25)13-4-11-30-14-10-26-16-30/h1-2,5-6,8-10,14-16H,3-4,7,11-13H2,(H,28,29,33). The molecule has 0 saturated heterocycles. The summed E-state index contributed by atoms with van der Waals surface area (Å²) in [5.74, 6) is 1.00. The zero-order valence-electron chi connectivity index (χ0n) is 18.5. The Morgan fingerprint density at radius 1 is 1.06 bits per heavy atom. The van der Waals surface area contributed by atoms with Gasteiger partial charge in [-0.2, -0.15) is 0 Å². The van der Waals surface area contributed by atoms with Gasteiger partial charge >= 0.3 is 0 Å². The first kappa shape index (κ1) is 20.3. The highest BCUT2D eigenvalue weighted by molar-refractivity contribution is 6.06.